The summed E-state index contributed by atoms with van der Waals surface area (Å²) in [5.74, 6) is 0.759. The minimum absolute atomic E-state index is 0.265. The lowest BCUT2D eigenvalue weighted by Gasteiger charge is -2.08. The first-order valence-corrected chi connectivity index (χ1v) is 4.30. The summed E-state index contributed by atoms with van der Waals surface area (Å²) in [6.07, 6.45) is 4.70. The number of hydrogen-bond donors (Lipinski definition) is 3. The maximum Gasteiger partial charge on any atom is 0.159 e. The monoisotopic (exact) mass is 202 g/mol. The lowest BCUT2D eigenvalue weighted by atomic mass is 10.4. The second-order valence-electron chi connectivity index (χ2n) is 2.88. The number of nitrogens with one attached hydrogen (secondary N) is 1. The molecule has 0 amide bonds. The fourth-order valence-corrected chi connectivity index (χ4v) is 1.08. The molecule has 2 aromatic heterocycles. The van der Waals surface area contributed by atoms with Crippen LogP contribution in [0.25, 0.3) is 0 Å². The molecule has 0 saturated heterocycles. The molecule has 2 rings (SSSR count). The highest BCUT2D eigenvalue weighted by molar-refractivity contribution is 5.75. The average molecular weight is 202 g/mol. The zero-order valence-corrected chi connectivity index (χ0v) is 7.88. The summed E-state index contributed by atoms with van der Waals surface area (Å²) >= 11 is 0. The van der Waals surface area contributed by atoms with Crippen LogP contribution in [0.2, 0.25) is 0 Å². The third kappa shape index (κ3) is 1.93. The molecule has 0 aliphatic heterocycles. The van der Waals surface area contributed by atoms with Gasteiger partial charge in [0.1, 0.15) is 12.0 Å². The molecule has 2 aromatic rings. The number of nitrogen functional groups attached to an aromatic ring is 2. The standard InChI is InChI=1S/C9H10N6/c10-7-8(11)13-5-14-9(7)15-6-1-3-12-4-2-6/h1-5H,10H2,(H3,11,12,13,14,15). The number of hydrogen-bond acceptors (Lipinski definition) is 6. The van der Waals surface area contributed by atoms with E-state index in [0.29, 0.717) is 11.5 Å². The summed E-state index contributed by atoms with van der Waals surface area (Å²) in [6.45, 7) is 0. The van der Waals surface area contributed by atoms with Crippen LogP contribution >= 0.6 is 0 Å². The van der Waals surface area contributed by atoms with Gasteiger partial charge in [0.15, 0.2) is 11.6 Å². The summed E-state index contributed by atoms with van der Waals surface area (Å²) in [5.41, 5.74) is 12.4. The first-order chi connectivity index (χ1) is 7.27. The minimum Gasteiger partial charge on any atom is -0.393 e. The third-order valence-corrected chi connectivity index (χ3v) is 1.86. The lowest BCUT2D eigenvalue weighted by molar-refractivity contribution is 1.18. The minimum atomic E-state index is 0.265. The number of pyridine rings is 1. The van der Waals surface area contributed by atoms with Crippen LogP contribution < -0.4 is 16.8 Å². The fraction of sp³-hybridized carbons (Fsp3) is 0. The van der Waals surface area contributed by atoms with Gasteiger partial charge in [-0.05, 0) is 12.1 Å². The highest BCUT2D eigenvalue weighted by Crippen LogP contribution is 2.22. The van der Waals surface area contributed by atoms with Gasteiger partial charge in [-0.15, -0.1) is 0 Å². The summed E-state index contributed by atoms with van der Waals surface area (Å²) in [4.78, 5) is 11.7. The number of aromatic nitrogens is 3. The van der Waals surface area contributed by atoms with E-state index in [2.05, 4.69) is 20.3 Å². The van der Waals surface area contributed by atoms with Crippen molar-refractivity contribution in [3.05, 3.63) is 30.9 Å². The summed E-state index contributed by atoms with van der Waals surface area (Å²) in [7, 11) is 0. The Hall–Kier alpha value is -2.37. The van der Waals surface area contributed by atoms with E-state index in [-0.39, 0.29) is 5.82 Å². The summed E-state index contributed by atoms with van der Waals surface area (Å²) in [5, 5.41) is 3.02. The van der Waals surface area contributed by atoms with Crippen molar-refractivity contribution < 1.29 is 0 Å². The van der Waals surface area contributed by atoms with Crippen molar-refractivity contribution in [2.45, 2.75) is 0 Å². The average Bonchev–Trinajstić information content (AvgIpc) is 2.26. The van der Waals surface area contributed by atoms with E-state index < -0.39 is 0 Å². The van der Waals surface area contributed by atoms with E-state index in [1.165, 1.54) is 6.33 Å². The van der Waals surface area contributed by atoms with Gasteiger partial charge in [-0.3, -0.25) is 4.98 Å². The van der Waals surface area contributed by atoms with Crippen LogP contribution in [0.5, 0.6) is 0 Å². The molecule has 0 atom stereocenters. The molecule has 0 bridgehead atoms. The van der Waals surface area contributed by atoms with Crippen LogP contribution in [0.4, 0.5) is 23.0 Å². The van der Waals surface area contributed by atoms with Crippen LogP contribution in [-0.2, 0) is 0 Å². The molecule has 0 unspecified atom stereocenters. The van der Waals surface area contributed by atoms with Crippen molar-refractivity contribution >= 4 is 23.0 Å². The van der Waals surface area contributed by atoms with Gasteiger partial charge in [0.05, 0.1) is 0 Å². The van der Waals surface area contributed by atoms with Gasteiger partial charge in [0.25, 0.3) is 0 Å². The molecule has 2 heterocycles. The molecule has 6 heteroatoms. The van der Waals surface area contributed by atoms with Crippen molar-refractivity contribution in [1.82, 2.24) is 15.0 Å². The highest BCUT2D eigenvalue weighted by Gasteiger charge is 2.04. The Labute approximate surface area is 86.4 Å². The van der Waals surface area contributed by atoms with Crippen molar-refractivity contribution in [3.63, 3.8) is 0 Å². The molecule has 0 fully saturated rings. The van der Waals surface area contributed by atoms with E-state index in [0.717, 1.165) is 5.69 Å². The Kier molecular flexibility index (Phi) is 2.32. The molecular formula is C9H10N6. The Morgan fingerprint density at radius 3 is 2.53 bits per heavy atom. The Morgan fingerprint density at radius 1 is 1.07 bits per heavy atom. The van der Waals surface area contributed by atoms with Gasteiger partial charge >= 0.3 is 0 Å². The van der Waals surface area contributed by atoms with Crippen LogP contribution in [0, 0.1) is 0 Å². The molecule has 0 radical (unpaired) electrons. The number of anilines is 4. The van der Waals surface area contributed by atoms with Crippen molar-refractivity contribution in [2.24, 2.45) is 0 Å². The molecule has 6 nitrogen and oxygen atoms in total. The van der Waals surface area contributed by atoms with E-state index in [1.807, 2.05) is 0 Å². The zero-order chi connectivity index (χ0) is 10.7. The van der Waals surface area contributed by atoms with Crippen LogP contribution in [0.15, 0.2) is 30.9 Å². The van der Waals surface area contributed by atoms with Crippen molar-refractivity contribution in [3.8, 4) is 0 Å². The van der Waals surface area contributed by atoms with E-state index in [1.54, 1.807) is 24.5 Å². The fourth-order valence-electron chi connectivity index (χ4n) is 1.08. The molecule has 76 valence electrons. The van der Waals surface area contributed by atoms with Crippen molar-refractivity contribution in [2.75, 3.05) is 16.8 Å². The zero-order valence-electron chi connectivity index (χ0n) is 7.88. The second kappa shape index (κ2) is 3.79. The molecule has 0 aliphatic carbocycles. The predicted molar refractivity (Wildman–Crippen MR) is 58.4 cm³/mol. The van der Waals surface area contributed by atoms with Gasteiger partial charge in [-0.2, -0.15) is 0 Å². The SMILES string of the molecule is Nc1ncnc(Nc2ccncc2)c1N. The third-order valence-electron chi connectivity index (χ3n) is 1.86. The molecule has 5 N–H and O–H groups in total. The molecular weight excluding hydrogens is 192 g/mol. The summed E-state index contributed by atoms with van der Waals surface area (Å²) < 4.78 is 0. The molecule has 0 aliphatic rings. The quantitative estimate of drug-likeness (QED) is 0.665. The normalized spacial score (nSPS) is 9.87. The molecule has 15 heavy (non-hydrogen) atoms. The van der Waals surface area contributed by atoms with Gasteiger partial charge < -0.3 is 16.8 Å². The van der Waals surface area contributed by atoms with E-state index in [9.17, 15) is 0 Å². The van der Waals surface area contributed by atoms with Gasteiger partial charge in [0, 0.05) is 18.1 Å². The van der Waals surface area contributed by atoms with E-state index >= 15 is 0 Å². The Bertz CT molecular complexity index is 455. The van der Waals surface area contributed by atoms with Gasteiger partial charge in [-0.1, -0.05) is 0 Å². The Balaban J connectivity index is 2.29. The first-order valence-electron chi connectivity index (χ1n) is 4.30. The van der Waals surface area contributed by atoms with E-state index in [4.69, 9.17) is 11.5 Å². The van der Waals surface area contributed by atoms with Crippen LogP contribution in [0.1, 0.15) is 0 Å². The Morgan fingerprint density at radius 2 is 1.80 bits per heavy atom. The topological polar surface area (TPSA) is 103 Å². The van der Waals surface area contributed by atoms with Gasteiger partial charge in [0.2, 0.25) is 0 Å². The number of nitrogens with two attached hydrogens (primary N) is 2. The molecule has 0 saturated carbocycles. The number of nitrogens with zero attached hydrogens (tertiary/aromatic N) is 3. The predicted octanol–water partition coefficient (Wildman–Crippen LogP) is 0.780. The second-order valence-corrected chi connectivity index (χ2v) is 2.88. The van der Waals surface area contributed by atoms with Crippen LogP contribution in [-0.4, -0.2) is 15.0 Å². The summed E-state index contributed by atoms with van der Waals surface area (Å²) in [6, 6.07) is 3.61. The number of rotatable bonds is 2. The molecule has 0 aromatic carbocycles. The smallest absolute Gasteiger partial charge is 0.159 e. The largest absolute Gasteiger partial charge is 0.393 e. The maximum absolute atomic E-state index is 5.70. The highest BCUT2D eigenvalue weighted by atomic mass is 15.1. The maximum atomic E-state index is 5.70. The lowest BCUT2D eigenvalue weighted by Crippen LogP contribution is -2.04. The first kappa shape index (κ1) is 9.20. The van der Waals surface area contributed by atoms with Crippen LogP contribution in [0.3, 0.4) is 0 Å². The molecule has 0 spiro atoms. The van der Waals surface area contributed by atoms with Gasteiger partial charge in [-0.25, -0.2) is 9.97 Å². The van der Waals surface area contributed by atoms with Crippen molar-refractivity contribution in [1.29, 1.82) is 0 Å².